The maximum absolute atomic E-state index is 11.9. The Morgan fingerprint density at radius 3 is 1.09 bits per heavy atom. The number of hydrogen-bond donors (Lipinski definition) is 8. The first-order chi connectivity index (χ1) is 30.2. The second-order valence-corrected chi connectivity index (χ2v) is 16.2. The molecule has 0 unspecified atom stereocenters. The molecule has 4 aromatic rings. The highest BCUT2D eigenvalue weighted by atomic mass is 16.6. The lowest BCUT2D eigenvalue weighted by atomic mass is 10.0. The molecule has 0 bridgehead atoms. The summed E-state index contributed by atoms with van der Waals surface area (Å²) in [5, 5.41) is 23.2. The van der Waals surface area contributed by atoms with Gasteiger partial charge in [-0.1, -0.05) is 121 Å². The number of rotatable bonds is 16. The van der Waals surface area contributed by atoms with Gasteiger partial charge >= 0.3 is 24.4 Å². The molecule has 64 heavy (non-hydrogen) atoms. The summed E-state index contributed by atoms with van der Waals surface area (Å²) in [6, 6.07) is 37.7. The summed E-state index contributed by atoms with van der Waals surface area (Å²) in [4.78, 5) is 44.5. The standard InChI is InChI=1S/C15H22N2O4.C14H21NO3.C10H14N2O2.C9H13NO/c1-15(2,3)21-14(19)17-12(9-10-20-13(16)18)11-7-5-4-6-8-11;1-14(2,3)18-13(17)15-12(9-10-16)11-7-5-4-6-8-11;11-9(6-7-14-10(12)13)8-4-2-1-3-5-8;10-9(6-7-11)8-4-2-1-3-5-8/h4-8,12H,9-10H2,1-3H3,(H2,16,18)(H,17,19);4-8,12,16H,9-10H2,1-3H3,(H,15,17);1-5,9H,6-7,11H2,(H2,12,13);1-5,9,11H,6-7,10H2/t2*12-;2*9-/m0000/s1. The molecule has 352 valence electrons. The molecular formula is C48H70N6O10. The molecule has 0 spiro atoms. The van der Waals surface area contributed by atoms with Gasteiger partial charge in [0, 0.05) is 38.1 Å². The Labute approximate surface area is 378 Å². The van der Waals surface area contributed by atoms with E-state index in [0.717, 1.165) is 22.3 Å². The summed E-state index contributed by atoms with van der Waals surface area (Å²) in [6.45, 7) is 11.4. The van der Waals surface area contributed by atoms with Crippen LogP contribution in [0.3, 0.4) is 0 Å². The third-order valence-electron chi connectivity index (χ3n) is 8.42. The average Bonchev–Trinajstić information content (AvgIpc) is 3.23. The van der Waals surface area contributed by atoms with E-state index in [9.17, 15) is 19.2 Å². The number of benzene rings is 4. The number of ether oxygens (including phenoxy) is 4. The highest BCUT2D eigenvalue weighted by Gasteiger charge is 2.22. The molecule has 0 aliphatic rings. The monoisotopic (exact) mass is 891 g/mol. The summed E-state index contributed by atoms with van der Waals surface area (Å²) in [5.41, 5.74) is 24.2. The molecule has 0 aromatic heterocycles. The van der Waals surface area contributed by atoms with Gasteiger partial charge in [-0.15, -0.1) is 0 Å². The zero-order valence-corrected chi connectivity index (χ0v) is 38.0. The van der Waals surface area contributed by atoms with Crippen molar-refractivity contribution in [3.8, 4) is 0 Å². The van der Waals surface area contributed by atoms with Crippen LogP contribution in [0.25, 0.3) is 0 Å². The van der Waals surface area contributed by atoms with E-state index in [1.807, 2.05) is 142 Å². The smallest absolute Gasteiger partial charge is 0.408 e. The number of nitrogens with two attached hydrogens (primary N) is 4. The number of nitrogens with one attached hydrogen (secondary N) is 2. The van der Waals surface area contributed by atoms with Crippen molar-refractivity contribution >= 4 is 24.4 Å². The van der Waals surface area contributed by atoms with Crippen LogP contribution < -0.4 is 33.6 Å². The van der Waals surface area contributed by atoms with E-state index < -0.39 is 35.6 Å². The Bertz CT molecular complexity index is 1860. The van der Waals surface area contributed by atoms with Gasteiger partial charge in [-0.25, -0.2) is 19.2 Å². The van der Waals surface area contributed by atoms with Gasteiger partial charge < -0.3 is 62.7 Å². The number of aliphatic hydroxyl groups excluding tert-OH is 2. The average molecular weight is 891 g/mol. The van der Waals surface area contributed by atoms with Crippen molar-refractivity contribution in [2.24, 2.45) is 22.9 Å². The van der Waals surface area contributed by atoms with Crippen LogP contribution in [0.2, 0.25) is 0 Å². The Hall–Kier alpha value is -6.20. The van der Waals surface area contributed by atoms with Gasteiger partial charge in [0.2, 0.25) is 0 Å². The quantitative estimate of drug-likeness (QED) is 0.0505. The van der Waals surface area contributed by atoms with E-state index in [-0.39, 0.29) is 50.6 Å². The van der Waals surface area contributed by atoms with Crippen molar-refractivity contribution in [3.63, 3.8) is 0 Å². The molecule has 16 heteroatoms. The van der Waals surface area contributed by atoms with Crippen LogP contribution >= 0.6 is 0 Å². The van der Waals surface area contributed by atoms with E-state index in [0.29, 0.717) is 25.7 Å². The first-order valence-corrected chi connectivity index (χ1v) is 21.0. The maximum atomic E-state index is 11.9. The summed E-state index contributed by atoms with van der Waals surface area (Å²) < 4.78 is 19.8. The van der Waals surface area contributed by atoms with Gasteiger partial charge in [0.05, 0.1) is 25.3 Å². The molecule has 4 amide bonds. The van der Waals surface area contributed by atoms with Crippen molar-refractivity contribution in [3.05, 3.63) is 144 Å². The number of alkyl carbamates (subject to hydrolysis) is 2. The highest BCUT2D eigenvalue weighted by molar-refractivity contribution is 5.69. The first kappa shape index (κ1) is 55.8. The number of amides is 4. The van der Waals surface area contributed by atoms with Crippen molar-refractivity contribution in [2.45, 2.75) is 103 Å². The second-order valence-electron chi connectivity index (χ2n) is 16.2. The van der Waals surface area contributed by atoms with E-state index in [4.69, 9.17) is 47.4 Å². The van der Waals surface area contributed by atoms with Gasteiger partial charge in [-0.3, -0.25) is 0 Å². The van der Waals surface area contributed by atoms with E-state index in [1.165, 1.54) is 0 Å². The third-order valence-corrected chi connectivity index (χ3v) is 8.42. The van der Waals surface area contributed by atoms with Gasteiger partial charge in [0.15, 0.2) is 0 Å². The zero-order valence-electron chi connectivity index (χ0n) is 38.0. The van der Waals surface area contributed by atoms with Crippen LogP contribution in [0.15, 0.2) is 121 Å². The molecule has 12 N–H and O–H groups in total. The van der Waals surface area contributed by atoms with Crippen LogP contribution in [0, 0.1) is 0 Å². The minimum Gasteiger partial charge on any atom is -0.450 e. The lowest BCUT2D eigenvalue weighted by Crippen LogP contribution is -2.35. The van der Waals surface area contributed by atoms with Crippen LogP contribution in [-0.2, 0) is 18.9 Å². The Kier molecular flexibility index (Phi) is 26.8. The fourth-order valence-electron chi connectivity index (χ4n) is 5.48. The van der Waals surface area contributed by atoms with Crippen molar-refractivity contribution in [1.29, 1.82) is 0 Å². The fourth-order valence-corrected chi connectivity index (χ4v) is 5.48. The molecule has 0 aliphatic carbocycles. The lowest BCUT2D eigenvalue weighted by molar-refractivity contribution is 0.0483. The molecule has 16 nitrogen and oxygen atoms in total. The first-order valence-electron chi connectivity index (χ1n) is 21.0. The topological polar surface area (TPSA) is 274 Å². The van der Waals surface area contributed by atoms with Crippen molar-refractivity contribution in [2.75, 3.05) is 26.4 Å². The van der Waals surface area contributed by atoms with E-state index in [1.54, 1.807) is 20.8 Å². The summed E-state index contributed by atoms with van der Waals surface area (Å²) in [5.74, 6) is 0. The number of carbonyl (C=O) groups is 4. The molecular weight excluding hydrogens is 821 g/mol. The molecule has 0 saturated heterocycles. The van der Waals surface area contributed by atoms with Crippen molar-refractivity contribution in [1.82, 2.24) is 10.6 Å². The minimum absolute atomic E-state index is 0.00928. The lowest BCUT2D eigenvalue weighted by Gasteiger charge is -2.23. The van der Waals surface area contributed by atoms with Crippen LogP contribution in [0.1, 0.15) is 114 Å². The Balaban J connectivity index is 0.000000438. The molecule has 0 aliphatic heterocycles. The van der Waals surface area contributed by atoms with Crippen LogP contribution in [-0.4, -0.2) is 72.2 Å². The van der Waals surface area contributed by atoms with Gasteiger partial charge in [0.1, 0.15) is 11.2 Å². The minimum atomic E-state index is -0.834. The third kappa shape index (κ3) is 27.7. The number of aliphatic hydroxyl groups is 2. The molecule has 0 fully saturated rings. The number of carbonyl (C=O) groups excluding carboxylic acids is 4. The number of hydrogen-bond acceptors (Lipinski definition) is 12. The Morgan fingerprint density at radius 2 is 0.781 bits per heavy atom. The maximum Gasteiger partial charge on any atom is 0.408 e. The summed E-state index contributed by atoms with van der Waals surface area (Å²) in [6.07, 6.45) is -0.503. The molecule has 4 aromatic carbocycles. The molecule has 4 rings (SSSR count). The highest BCUT2D eigenvalue weighted by Crippen LogP contribution is 2.19. The predicted octanol–water partition coefficient (Wildman–Crippen LogP) is 7.61. The van der Waals surface area contributed by atoms with Gasteiger partial charge in [-0.05, 0) is 76.6 Å². The summed E-state index contributed by atoms with van der Waals surface area (Å²) in [7, 11) is 0. The normalized spacial score (nSPS) is 12.5. The van der Waals surface area contributed by atoms with Crippen molar-refractivity contribution < 1.29 is 48.3 Å². The van der Waals surface area contributed by atoms with Gasteiger partial charge in [-0.2, -0.15) is 0 Å². The Morgan fingerprint density at radius 1 is 0.484 bits per heavy atom. The van der Waals surface area contributed by atoms with Crippen LogP contribution in [0.5, 0.6) is 0 Å². The second kappa shape index (κ2) is 30.8. The van der Waals surface area contributed by atoms with Gasteiger partial charge in [0.25, 0.3) is 0 Å². The SMILES string of the molecule is CC(C)(C)OC(=O)N[C@@H](CCO)c1ccccc1.CC(C)(C)OC(=O)N[C@@H](CCOC(N)=O)c1ccccc1.NC(=O)OCC[C@H](N)c1ccccc1.N[C@@H](CCO)c1ccccc1. The van der Waals surface area contributed by atoms with E-state index >= 15 is 0 Å². The molecule has 4 atom stereocenters. The fraction of sp³-hybridized carbons (Fsp3) is 0.417. The largest absolute Gasteiger partial charge is 0.450 e. The zero-order chi connectivity index (χ0) is 48.0. The molecule has 0 radical (unpaired) electrons. The van der Waals surface area contributed by atoms with E-state index in [2.05, 4.69) is 15.4 Å². The molecule has 0 heterocycles. The molecule has 0 saturated carbocycles. The van der Waals surface area contributed by atoms with Crippen LogP contribution in [0.4, 0.5) is 19.2 Å². The number of primary amides is 2. The summed E-state index contributed by atoms with van der Waals surface area (Å²) >= 11 is 0. The predicted molar refractivity (Wildman–Crippen MR) is 248 cm³/mol.